The van der Waals surface area contributed by atoms with Gasteiger partial charge in [0.05, 0.1) is 0 Å². The topological polar surface area (TPSA) is 12.0 Å². The van der Waals surface area contributed by atoms with E-state index in [2.05, 4.69) is 46.9 Å². The molecule has 0 amide bonds. The zero-order valence-corrected chi connectivity index (χ0v) is 14.3. The molecule has 0 saturated heterocycles. The molecule has 0 radical (unpaired) electrons. The minimum Gasteiger partial charge on any atom is -0.317 e. The summed E-state index contributed by atoms with van der Waals surface area (Å²) in [4.78, 5) is 0. The Labute approximate surface area is 121 Å². The molecule has 19 heavy (non-hydrogen) atoms. The third kappa shape index (κ3) is 5.10. The second kappa shape index (κ2) is 7.67. The summed E-state index contributed by atoms with van der Waals surface area (Å²) in [6.07, 6.45) is 7.08. The van der Waals surface area contributed by atoms with E-state index < -0.39 is 0 Å². The van der Waals surface area contributed by atoms with Crippen LogP contribution in [-0.2, 0) is 0 Å². The molecule has 4 unspecified atom stereocenters. The molecule has 0 bridgehead atoms. The van der Waals surface area contributed by atoms with Gasteiger partial charge in [-0.25, -0.2) is 0 Å². The average molecular weight is 268 g/mol. The summed E-state index contributed by atoms with van der Waals surface area (Å²) in [6.45, 7) is 16.7. The van der Waals surface area contributed by atoms with Crippen LogP contribution >= 0.6 is 0 Å². The van der Waals surface area contributed by atoms with Crippen molar-refractivity contribution in [1.29, 1.82) is 0 Å². The largest absolute Gasteiger partial charge is 0.317 e. The SMILES string of the molecule is CCCC(C)C1CC(C(C)(C)C)CCC1CNCC. The fraction of sp³-hybridized carbons (Fsp3) is 1.00. The van der Waals surface area contributed by atoms with Crippen LogP contribution in [0.2, 0.25) is 0 Å². The zero-order chi connectivity index (χ0) is 14.5. The molecular formula is C18H37N. The summed E-state index contributed by atoms with van der Waals surface area (Å²) in [5.74, 6) is 3.69. The molecule has 0 aromatic carbocycles. The molecule has 1 fully saturated rings. The average Bonchev–Trinajstić information content (AvgIpc) is 2.35. The highest BCUT2D eigenvalue weighted by Gasteiger charge is 2.37. The van der Waals surface area contributed by atoms with Crippen molar-refractivity contribution < 1.29 is 0 Å². The normalized spacial score (nSPS) is 30.3. The Morgan fingerprint density at radius 1 is 1.16 bits per heavy atom. The van der Waals surface area contributed by atoms with Crippen molar-refractivity contribution in [2.24, 2.45) is 29.1 Å². The van der Waals surface area contributed by atoms with Gasteiger partial charge in [-0.3, -0.25) is 0 Å². The summed E-state index contributed by atoms with van der Waals surface area (Å²) in [5, 5.41) is 3.60. The Bertz CT molecular complexity index is 241. The van der Waals surface area contributed by atoms with Crippen LogP contribution in [0.3, 0.4) is 0 Å². The number of hydrogen-bond acceptors (Lipinski definition) is 1. The summed E-state index contributed by atoms with van der Waals surface area (Å²) in [7, 11) is 0. The fourth-order valence-electron chi connectivity index (χ4n) is 4.00. The lowest BCUT2D eigenvalue weighted by Gasteiger charge is -2.44. The van der Waals surface area contributed by atoms with Gasteiger partial charge in [-0.2, -0.15) is 0 Å². The molecule has 1 saturated carbocycles. The molecule has 0 heterocycles. The van der Waals surface area contributed by atoms with Crippen LogP contribution in [0.4, 0.5) is 0 Å². The van der Waals surface area contributed by atoms with E-state index in [0.29, 0.717) is 5.41 Å². The predicted octanol–water partition coefficient (Wildman–Crippen LogP) is 5.11. The van der Waals surface area contributed by atoms with Crippen LogP contribution in [-0.4, -0.2) is 13.1 Å². The van der Waals surface area contributed by atoms with Crippen molar-refractivity contribution in [2.75, 3.05) is 13.1 Å². The van der Waals surface area contributed by atoms with Crippen molar-refractivity contribution in [3.05, 3.63) is 0 Å². The third-order valence-electron chi connectivity index (χ3n) is 5.40. The van der Waals surface area contributed by atoms with Crippen LogP contribution in [0.5, 0.6) is 0 Å². The smallest absolute Gasteiger partial charge is 0.00179 e. The molecule has 1 nitrogen and oxygen atoms in total. The van der Waals surface area contributed by atoms with Crippen LogP contribution < -0.4 is 5.32 Å². The van der Waals surface area contributed by atoms with Gasteiger partial charge in [0.2, 0.25) is 0 Å². The highest BCUT2D eigenvalue weighted by molar-refractivity contribution is 4.88. The minimum absolute atomic E-state index is 0.493. The van der Waals surface area contributed by atoms with Crippen molar-refractivity contribution in [3.63, 3.8) is 0 Å². The molecule has 1 aliphatic rings. The van der Waals surface area contributed by atoms with Crippen molar-refractivity contribution in [1.82, 2.24) is 5.32 Å². The molecule has 0 aromatic rings. The lowest BCUT2D eigenvalue weighted by atomic mass is 9.62. The lowest BCUT2D eigenvalue weighted by molar-refractivity contribution is 0.0657. The molecular weight excluding hydrogens is 230 g/mol. The molecule has 4 atom stereocenters. The summed E-state index contributed by atoms with van der Waals surface area (Å²) >= 11 is 0. The Balaban J connectivity index is 2.68. The van der Waals surface area contributed by atoms with E-state index in [-0.39, 0.29) is 0 Å². The summed E-state index contributed by atoms with van der Waals surface area (Å²) in [5.41, 5.74) is 0.493. The number of nitrogens with one attached hydrogen (secondary N) is 1. The number of rotatable bonds is 6. The monoisotopic (exact) mass is 267 g/mol. The second-order valence-electron chi connectivity index (χ2n) is 7.87. The Morgan fingerprint density at radius 2 is 1.84 bits per heavy atom. The standard InChI is InChI=1S/C18H37N/c1-7-9-14(3)17-12-16(18(4,5)6)11-10-15(17)13-19-8-2/h14-17,19H,7-13H2,1-6H3. The molecule has 1 aliphatic carbocycles. The van der Waals surface area contributed by atoms with Crippen molar-refractivity contribution in [2.45, 2.75) is 73.6 Å². The van der Waals surface area contributed by atoms with Crippen molar-refractivity contribution in [3.8, 4) is 0 Å². The van der Waals surface area contributed by atoms with Gasteiger partial charge in [0.25, 0.3) is 0 Å². The van der Waals surface area contributed by atoms with Crippen LogP contribution in [0, 0.1) is 29.1 Å². The van der Waals surface area contributed by atoms with Crippen LogP contribution in [0.1, 0.15) is 73.6 Å². The van der Waals surface area contributed by atoms with Crippen LogP contribution in [0.15, 0.2) is 0 Å². The van der Waals surface area contributed by atoms with E-state index in [1.54, 1.807) is 0 Å². The molecule has 0 aromatic heterocycles. The summed E-state index contributed by atoms with van der Waals surface area (Å²) < 4.78 is 0. The van der Waals surface area contributed by atoms with Gasteiger partial charge >= 0.3 is 0 Å². The molecule has 1 N–H and O–H groups in total. The van der Waals surface area contributed by atoms with Gasteiger partial charge in [0.15, 0.2) is 0 Å². The van der Waals surface area contributed by atoms with Gasteiger partial charge in [-0.1, -0.05) is 54.4 Å². The molecule has 1 rings (SSSR count). The van der Waals surface area contributed by atoms with Crippen molar-refractivity contribution >= 4 is 0 Å². The van der Waals surface area contributed by atoms with E-state index in [1.165, 1.54) is 38.6 Å². The maximum atomic E-state index is 3.60. The van der Waals surface area contributed by atoms with E-state index in [9.17, 15) is 0 Å². The molecule has 1 heteroatoms. The van der Waals surface area contributed by atoms with Gasteiger partial charge in [-0.05, 0) is 61.4 Å². The van der Waals surface area contributed by atoms with Gasteiger partial charge in [0, 0.05) is 0 Å². The minimum atomic E-state index is 0.493. The summed E-state index contributed by atoms with van der Waals surface area (Å²) in [6, 6.07) is 0. The Morgan fingerprint density at radius 3 is 2.37 bits per heavy atom. The van der Waals surface area contributed by atoms with Gasteiger partial charge < -0.3 is 5.32 Å². The molecule has 114 valence electrons. The Kier molecular flexibility index (Phi) is 6.86. The highest BCUT2D eigenvalue weighted by atomic mass is 14.8. The van der Waals surface area contributed by atoms with E-state index >= 15 is 0 Å². The molecule has 0 aliphatic heterocycles. The fourth-order valence-corrected chi connectivity index (χ4v) is 4.00. The van der Waals surface area contributed by atoms with E-state index in [4.69, 9.17) is 0 Å². The van der Waals surface area contributed by atoms with Crippen LogP contribution in [0.25, 0.3) is 0 Å². The number of hydrogen-bond donors (Lipinski definition) is 1. The highest BCUT2D eigenvalue weighted by Crippen LogP contribution is 2.45. The lowest BCUT2D eigenvalue weighted by Crippen LogP contribution is -2.39. The maximum absolute atomic E-state index is 3.60. The van der Waals surface area contributed by atoms with E-state index in [0.717, 1.165) is 30.2 Å². The zero-order valence-electron chi connectivity index (χ0n) is 14.3. The van der Waals surface area contributed by atoms with Gasteiger partial charge in [-0.15, -0.1) is 0 Å². The first-order valence-electron chi connectivity index (χ1n) is 8.60. The second-order valence-corrected chi connectivity index (χ2v) is 7.87. The first kappa shape index (κ1) is 17.0. The third-order valence-corrected chi connectivity index (χ3v) is 5.40. The predicted molar refractivity (Wildman–Crippen MR) is 86.4 cm³/mol. The quantitative estimate of drug-likeness (QED) is 0.705. The Hall–Kier alpha value is -0.0400. The maximum Gasteiger partial charge on any atom is -0.00179 e. The van der Waals surface area contributed by atoms with Gasteiger partial charge in [0.1, 0.15) is 0 Å². The van der Waals surface area contributed by atoms with E-state index in [1.807, 2.05) is 0 Å². The first-order valence-corrected chi connectivity index (χ1v) is 8.60. The first-order chi connectivity index (χ1) is 8.90. The molecule has 0 spiro atoms.